The first kappa shape index (κ1) is 14.3. The third-order valence-electron chi connectivity index (χ3n) is 2.56. The summed E-state index contributed by atoms with van der Waals surface area (Å²) in [5.41, 5.74) is 2.05. The van der Waals surface area contributed by atoms with E-state index in [2.05, 4.69) is 9.97 Å². The molecule has 0 saturated carbocycles. The molecule has 20 heavy (non-hydrogen) atoms. The minimum Gasteiger partial charge on any atom is -0.481 e. The lowest BCUT2D eigenvalue weighted by Gasteiger charge is -2.13. The molecule has 0 bridgehead atoms. The number of rotatable bonds is 4. The third kappa shape index (κ3) is 3.24. The molecule has 0 radical (unpaired) electrons. The summed E-state index contributed by atoms with van der Waals surface area (Å²) in [5, 5.41) is 9.09. The van der Waals surface area contributed by atoms with Crippen molar-refractivity contribution < 1.29 is 9.90 Å². The molecule has 2 rings (SSSR count). The Kier molecular flexibility index (Phi) is 4.19. The highest BCUT2D eigenvalue weighted by Gasteiger charge is 2.10. The molecule has 0 unspecified atom stereocenters. The van der Waals surface area contributed by atoms with Gasteiger partial charge < -0.3 is 5.11 Å². The van der Waals surface area contributed by atoms with Crippen molar-refractivity contribution in [2.75, 3.05) is 5.75 Å². The van der Waals surface area contributed by atoms with Gasteiger partial charge in [-0.15, -0.1) is 0 Å². The Bertz CT molecular complexity index is 712. The van der Waals surface area contributed by atoms with Crippen LogP contribution in [0.4, 0.5) is 0 Å². The second-order valence-electron chi connectivity index (χ2n) is 4.16. The van der Waals surface area contributed by atoms with E-state index in [0.29, 0.717) is 5.16 Å². The second kappa shape index (κ2) is 5.87. The lowest BCUT2D eigenvalue weighted by atomic mass is 10.2. The van der Waals surface area contributed by atoms with E-state index in [0.717, 1.165) is 28.8 Å². The van der Waals surface area contributed by atoms with Crippen LogP contribution in [0, 0.1) is 13.8 Å². The molecular formula is C13H13N3O3S. The SMILES string of the molecule is Cc1ccc(-n2ccc(=O)nc2SCC(=O)O)c(C)n1. The average Bonchev–Trinajstić information content (AvgIpc) is 2.37. The average molecular weight is 291 g/mol. The van der Waals surface area contributed by atoms with Crippen LogP contribution in [0.3, 0.4) is 0 Å². The van der Waals surface area contributed by atoms with Crippen molar-refractivity contribution in [3.05, 3.63) is 46.1 Å². The second-order valence-corrected chi connectivity index (χ2v) is 5.10. The molecule has 1 N–H and O–H groups in total. The molecule has 2 aromatic rings. The summed E-state index contributed by atoms with van der Waals surface area (Å²) < 4.78 is 1.68. The number of carboxylic acids is 1. The lowest BCUT2D eigenvalue weighted by Crippen LogP contribution is -2.14. The number of pyridine rings is 1. The number of hydrogen-bond donors (Lipinski definition) is 1. The van der Waals surface area contributed by atoms with E-state index in [1.54, 1.807) is 10.8 Å². The van der Waals surface area contributed by atoms with E-state index in [4.69, 9.17) is 5.11 Å². The summed E-state index contributed by atoms with van der Waals surface area (Å²) in [6.45, 7) is 3.74. The van der Waals surface area contributed by atoms with E-state index in [-0.39, 0.29) is 5.75 Å². The van der Waals surface area contributed by atoms with Crippen molar-refractivity contribution in [3.63, 3.8) is 0 Å². The smallest absolute Gasteiger partial charge is 0.313 e. The fourth-order valence-electron chi connectivity index (χ4n) is 1.73. The van der Waals surface area contributed by atoms with Gasteiger partial charge >= 0.3 is 5.97 Å². The van der Waals surface area contributed by atoms with Crippen molar-refractivity contribution >= 4 is 17.7 Å². The molecule has 2 aromatic heterocycles. The van der Waals surface area contributed by atoms with Gasteiger partial charge in [-0.25, -0.2) is 0 Å². The topological polar surface area (TPSA) is 85.1 Å². The predicted molar refractivity (Wildman–Crippen MR) is 75.5 cm³/mol. The van der Waals surface area contributed by atoms with E-state index >= 15 is 0 Å². The van der Waals surface area contributed by atoms with Crippen LogP contribution in [-0.2, 0) is 4.79 Å². The number of carboxylic acid groups (broad SMARTS) is 1. The van der Waals surface area contributed by atoms with Crippen LogP contribution in [0.25, 0.3) is 5.69 Å². The van der Waals surface area contributed by atoms with Crippen molar-refractivity contribution in [3.8, 4) is 5.69 Å². The Balaban J connectivity index is 2.49. The van der Waals surface area contributed by atoms with E-state index in [9.17, 15) is 9.59 Å². The molecule has 2 heterocycles. The summed E-state index contributed by atoms with van der Waals surface area (Å²) in [7, 11) is 0. The molecule has 104 valence electrons. The Hall–Kier alpha value is -2.15. The van der Waals surface area contributed by atoms with Crippen LogP contribution >= 0.6 is 11.8 Å². The number of aromatic nitrogens is 3. The van der Waals surface area contributed by atoms with Gasteiger partial charge in [-0.2, -0.15) is 4.98 Å². The summed E-state index contributed by atoms with van der Waals surface area (Å²) in [6.07, 6.45) is 1.58. The van der Waals surface area contributed by atoms with Crippen LogP contribution in [0.2, 0.25) is 0 Å². The van der Waals surface area contributed by atoms with E-state index in [1.807, 2.05) is 26.0 Å². The minimum absolute atomic E-state index is 0.158. The van der Waals surface area contributed by atoms with E-state index < -0.39 is 11.5 Å². The maximum atomic E-state index is 11.4. The van der Waals surface area contributed by atoms with Gasteiger partial charge in [0.15, 0.2) is 5.16 Å². The predicted octanol–water partition coefficient (Wildman–Crippen LogP) is 1.42. The number of aryl methyl sites for hydroxylation is 2. The number of nitrogens with zero attached hydrogens (tertiary/aromatic N) is 3. The number of thioether (sulfide) groups is 1. The number of carbonyl (C=O) groups is 1. The Morgan fingerprint density at radius 1 is 1.30 bits per heavy atom. The van der Waals surface area contributed by atoms with Crippen LogP contribution in [-0.4, -0.2) is 31.4 Å². The van der Waals surface area contributed by atoms with Crippen molar-refractivity contribution in [1.82, 2.24) is 14.5 Å². The van der Waals surface area contributed by atoms with E-state index in [1.165, 1.54) is 6.07 Å². The Morgan fingerprint density at radius 2 is 2.05 bits per heavy atom. The molecule has 7 heteroatoms. The van der Waals surface area contributed by atoms with Gasteiger partial charge in [-0.05, 0) is 26.0 Å². The maximum absolute atomic E-state index is 11.4. The molecule has 0 aliphatic rings. The fraction of sp³-hybridized carbons (Fsp3) is 0.231. The fourth-order valence-corrected chi connectivity index (χ4v) is 2.44. The van der Waals surface area contributed by atoms with Gasteiger partial charge in [0.05, 0.1) is 17.1 Å². The number of hydrogen-bond acceptors (Lipinski definition) is 5. The zero-order chi connectivity index (χ0) is 14.7. The van der Waals surface area contributed by atoms with Gasteiger partial charge in [-0.1, -0.05) is 11.8 Å². The molecule has 0 aliphatic heterocycles. The normalized spacial score (nSPS) is 10.5. The van der Waals surface area contributed by atoms with Gasteiger partial charge in [0.1, 0.15) is 0 Å². The summed E-state index contributed by atoms with van der Waals surface area (Å²) in [4.78, 5) is 30.2. The molecule has 0 aliphatic carbocycles. The van der Waals surface area contributed by atoms with Crippen LogP contribution in [0.5, 0.6) is 0 Å². The van der Waals surface area contributed by atoms with Gasteiger partial charge in [0, 0.05) is 18.0 Å². The number of aliphatic carboxylic acids is 1. The monoisotopic (exact) mass is 291 g/mol. The van der Waals surface area contributed by atoms with Crippen LogP contribution in [0.15, 0.2) is 34.3 Å². The first-order chi connectivity index (χ1) is 9.47. The maximum Gasteiger partial charge on any atom is 0.313 e. The molecule has 0 amide bonds. The highest BCUT2D eigenvalue weighted by atomic mass is 32.2. The first-order valence-electron chi connectivity index (χ1n) is 5.86. The summed E-state index contributed by atoms with van der Waals surface area (Å²) in [5.74, 6) is -1.12. The van der Waals surface area contributed by atoms with Gasteiger partial charge in [-0.3, -0.25) is 19.1 Å². The molecule has 0 atom stereocenters. The van der Waals surface area contributed by atoms with Crippen LogP contribution in [0.1, 0.15) is 11.4 Å². The quantitative estimate of drug-likeness (QED) is 0.677. The first-order valence-corrected chi connectivity index (χ1v) is 6.85. The third-order valence-corrected chi connectivity index (χ3v) is 3.50. The zero-order valence-electron chi connectivity index (χ0n) is 11.0. The van der Waals surface area contributed by atoms with Crippen LogP contribution < -0.4 is 5.56 Å². The molecule has 6 nitrogen and oxygen atoms in total. The lowest BCUT2D eigenvalue weighted by molar-refractivity contribution is -0.133. The largest absolute Gasteiger partial charge is 0.481 e. The minimum atomic E-state index is -0.960. The van der Waals surface area contributed by atoms with Gasteiger partial charge in [0.2, 0.25) is 0 Å². The van der Waals surface area contributed by atoms with Crippen molar-refractivity contribution in [1.29, 1.82) is 0 Å². The Labute approximate surface area is 119 Å². The standard InChI is InChI=1S/C13H13N3O3S/c1-8-3-4-10(9(2)14-8)16-6-5-11(17)15-13(16)20-7-12(18)19/h3-6H,7H2,1-2H3,(H,18,19). The highest BCUT2D eigenvalue weighted by Crippen LogP contribution is 2.20. The van der Waals surface area contributed by atoms with Crippen molar-refractivity contribution in [2.45, 2.75) is 19.0 Å². The molecule has 0 spiro atoms. The summed E-state index contributed by atoms with van der Waals surface area (Å²) in [6, 6.07) is 5.06. The molecule has 0 saturated heterocycles. The zero-order valence-corrected chi connectivity index (χ0v) is 11.8. The molecule has 0 fully saturated rings. The van der Waals surface area contributed by atoms with Gasteiger partial charge in [0.25, 0.3) is 5.56 Å². The molecule has 0 aromatic carbocycles. The van der Waals surface area contributed by atoms with Crippen molar-refractivity contribution in [2.24, 2.45) is 0 Å². The molecular weight excluding hydrogens is 278 g/mol. The Morgan fingerprint density at radius 3 is 2.70 bits per heavy atom. The highest BCUT2D eigenvalue weighted by molar-refractivity contribution is 7.99. The summed E-state index contributed by atoms with van der Waals surface area (Å²) >= 11 is 1.00.